The molecule has 0 aromatic heterocycles. The monoisotopic (exact) mass is 458 g/mol. The lowest BCUT2D eigenvalue weighted by Crippen LogP contribution is -2.55. The first-order valence-electron chi connectivity index (χ1n) is 14.2. The zero-order valence-electron chi connectivity index (χ0n) is 21.6. The van der Waals surface area contributed by atoms with Gasteiger partial charge in [0.15, 0.2) is 5.79 Å². The second-order valence-electron chi connectivity index (χ2n) is 13.7. The average Bonchev–Trinajstić information content (AvgIpc) is 3.21. The Morgan fingerprint density at radius 3 is 2.42 bits per heavy atom. The van der Waals surface area contributed by atoms with Gasteiger partial charge in [-0.25, -0.2) is 0 Å². The van der Waals surface area contributed by atoms with Crippen molar-refractivity contribution in [2.75, 3.05) is 6.61 Å². The Morgan fingerprint density at radius 1 is 0.909 bits per heavy atom. The van der Waals surface area contributed by atoms with Crippen molar-refractivity contribution >= 4 is 5.97 Å². The van der Waals surface area contributed by atoms with E-state index >= 15 is 0 Å². The molecule has 0 N–H and O–H groups in total. The van der Waals surface area contributed by atoms with Crippen LogP contribution in [0.3, 0.4) is 0 Å². The minimum absolute atomic E-state index is 0.105. The second kappa shape index (κ2) is 7.69. The van der Waals surface area contributed by atoms with Crippen LogP contribution in [0.25, 0.3) is 0 Å². The zero-order valence-corrected chi connectivity index (χ0v) is 21.6. The quantitative estimate of drug-likeness (QED) is 0.429. The van der Waals surface area contributed by atoms with Crippen molar-refractivity contribution in [2.45, 2.75) is 117 Å². The Hall–Kier alpha value is -0.610. The fourth-order valence-corrected chi connectivity index (χ4v) is 10.6. The molecule has 6 rings (SSSR count). The summed E-state index contributed by atoms with van der Waals surface area (Å²) in [6, 6.07) is 0. The molecule has 0 bridgehead atoms. The molecule has 0 aromatic carbocycles. The van der Waals surface area contributed by atoms with E-state index in [0.29, 0.717) is 34.7 Å². The maximum atomic E-state index is 11.5. The van der Waals surface area contributed by atoms with Gasteiger partial charge in [-0.1, -0.05) is 27.7 Å². The summed E-state index contributed by atoms with van der Waals surface area (Å²) in [6.45, 7) is 12.4. The fourth-order valence-electron chi connectivity index (χ4n) is 10.6. The Kier molecular flexibility index (Phi) is 5.32. The molecule has 4 saturated carbocycles. The predicted octanol–water partition coefficient (Wildman–Crippen LogP) is 6.36. The third-order valence-electron chi connectivity index (χ3n) is 12.2. The number of rotatable bonds is 1. The van der Waals surface area contributed by atoms with E-state index in [9.17, 15) is 4.79 Å². The summed E-state index contributed by atoms with van der Waals surface area (Å²) in [5, 5.41) is 0. The van der Waals surface area contributed by atoms with E-state index < -0.39 is 0 Å². The number of esters is 1. The summed E-state index contributed by atoms with van der Waals surface area (Å²) in [7, 11) is 0. The Morgan fingerprint density at radius 2 is 1.70 bits per heavy atom. The lowest BCUT2D eigenvalue weighted by Gasteiger charge is -2.61. The molecule has 0 unspecified atom stereocenters. The standard InChI is InChI=1S/C29H46O4/c1-17-8-13-29(31-16-17)18(2)26-25(33-29)15-24-22-7-6-20-14-21(32-19(3)30)9-11-27(20,4)23(22)10-12-28(24,26)5/h17-18,20-26H,6-16H2,1-5H3/t17-,18+,20+,21+,22+,23-,24-,25-,26-,27+,28+,29-/m1/s1. The van der Waals surface area contributed by atoms with Crippen LogP contribution in [0.5, 0.6) is 0 Å². The largest absolute Gasteiger partial charge is 0.463 e. The Balaban J connectivity index is 1.21. The van der Waals surface area contributed by atoms with E-state index in [1.165, 1.54) is 44.9 Å². The Bertz CT molecular complexity index is 786. The summed E-state index contributed by atoms with van der Waals surface area (Å²) >= 11 is 0. The van der Waals surface area contributed by atoms with Crippen LogP contribution in [0.15, 0.2) is 0 Å². The molecular formula is C29H46O4. The summed E-state index contributed by atoms with van der Waals surface area (Å²) in [6.07, 6.45) is 12.9. The Labute approximate surface area is 200 Å². The molecule has 2 aliphatic heterocycles. The van der Waals surface area contributed by atoms with Crippen molar-refractivity contribution in [3.63, 3.8) is 0 Å². The van der Waals surface area contributed by atoms with Crippen molar-refractivity contribution in [3.8, 4) is 0 Å². The van der Waals surface area contributed by atoms with Crippen molar-refractivity contribution in [1.29, 1.82) is 0 Å². The summed E-state index contributed by atoms with van der Waals surface area (Å²) in [5.74, 6) is 4.63. The molecule has 0 radical (unpaired) electrons. The minimum atomic E-state index is -0.300. The highest BCUT2D eigenvalue weighted by atomic mass is 16.7. The molecule has 33 heavy (non-hydrogen) atoms. The van der Waals surface area contributed by atoms with E-state index in [2.05, 4.69) is 27.7 Å². The maximum absolute atomic E-state index is 11.5. The molecule has 0 aromatic rings. The predicted molar refractivity (Wildman–Crippen MR) is 127 cm³/mol. The minimum Gasteiger partial charge on any atom is -0.463 e. The zero-order chi connectivity index (χ0) is 23.2. The molecule has 6 aliphatic rings. The van der Waals surface area contributed by atoms with Gasteiger partial charge in [0.05, 0.1) is 12.7 Å². The van der Waals surface area contributed by atoms with Crippen molar-refractivity contribution in [3.05, 3.63) is 0 Å². The summed E-state index contributed by atoms with van der Waals surface area (Å²) in [5.41, 5.74) is 0.828. The van der Waals surface area contributed by atoms with Gasteiger partial charge in [-0.15, -0.1) is 0 Å². The molecule has 6 fully saturated rings. The molecule has 1 spiro atoms. The average molecular weight is 459 g/mol. The first-order chi connectivity index (χ1) is 15.7. The molecule has 2 heterocycles. The molecular weight excluding hydrogens is 412 g/mol. The lowest BCUT2D eigenvalue weighted by molar-refractivity contribution is -0.273. The van der Waals surface area contributed by atoms with Crippen LogP contribution in [0.4, 0.5) is 0 Å². The van der Waals surface area contributed by atoms with Crippen molar-refractivity contribution < 1.29 is 19.0 Å². The molecule has 2 saturated heterocycles. The fraction of sp³-hybridized carbons (Fsp3) is 0.966. The number of hydrogen-bond donors (Lipinski definition) is 0. The van der Waals surface area contributed by atoms with Gasteiger partial charge in [0.1, 0.15) is 6.10 Å². The second-order valence-corrected chi connectivity index (χ2v) is 13.7. The van der Waals surface area contributed by atoms with Gasteiger partial charge < -0.3 is 14.2 Å². The van der Waals surface area contributed by atoms with Crippen LogP contribution in [0.1, 0.15) is 98.8 Å². The van der Waals surface area contributed by atoms with Gasteiger partial charge in [-0.3, -0.25) is 4.79 Å². The number of hydrogen-bond acceptors (Lipinski definition) is 4. The van der Waals surface area contributed by atoms with E-state index in [0.717, 1.165) is 49.5 Å². The maximum Gasteiger partial charge on any atom is 0.302 e. The SMILES string of the molecule is CC(=O)O[C@H]1CC[C@@]2(C)[C@@H](CC[C@H]3[C@H]2CC[C@]2(C)[C@H]4[C@@H](C[C@H]32)O[C@]2(CC[C@@H](C)CO2)[C@H]4C)C1. The highest BCUT2D eigenvalue weighted by Gasteiger charge is 2.69. The number of fused-ring (bicyclic) bond motifs is 7. The van der Waals surface area contributed by atoms with Crippen LogP contribution in [0, 0.1) is 52.3 Å². The first-order valence-corrected chi connectivity index (χ1v) is 14.2. The highest BCUT2D eigenvalue weighted by Crippen LogP contribution is 2.71. The molecule has 4 aliphatic carbocycles. The van der Waals surface area contributed by atoms with Gasteiger partial charge in [0.25, 0.3) is 0 Å². The summed E-state index contributed by atoms with van der Waals surface area (Å²) < 4.78 is 19.1. The van der Waals surface area contributed by atoms with Gasteiger partial charge in [-0.2, -0.15) is 0 Å². The van der Waals surface area contributed by atoms with E-state index in [-0.39, 0.29) is 17.9 Å². The number of carbonyl (C=O) groups is 1. The molecule has 4 nitrogen and oxygen atoms in total. The highest BCUT2D eigenvalue weighted by molar-refractivity contribution is 5.66. The summed E-state index contributed by atoms with van der Waals surface area (Å²) in [4.78, 5) is 11.5. The van der Waals surface area contributed by atoms with Gasteiger partial charge in [0, 0.05) is 19.3 Å². The van der Waals surface area contributed by atoms with E-state index in [4.69, 9.17) is 14.2 Å². The molecule has 4 heteroatoms. The van der Waals surface area contributed by atoms with Crippen LogP contribution in [0.2, 0.25) is 0 Å². The molecule has 186 valence electrons. The molecule has 0 amide bonds. The van der Waals surface area contributed by atoms with Crippen LogP contribution in [-0.2, 0) is 19.0 Å². The number of ether oxygens (including phenoxy) is 3. The van der Waals surface area contributed by atoms with Crippen LogP contribution >= 0.6 is 0 Å². The van der Waals surface area contributed by atoms with Crippen molar-refractivity contribution in [1.82, 2.24) is 0 Å². The van der Waals surface area contributed by atoms with E-state index in [1.807, 2.05) is 0 Å². The van der Waals surface area contributed by atoms with Gasteiger partial charge >= 0.3 is 5.97 Å². The lowest BCUT2D eigenvalue weighted by atomic mass is 9.44. The van der Waals surface area contributed by atoms with Gasteiger partial charge in [0.2, 0.25) is 0 Å². The van der Waals surface area contributed by atoms with Crippen LogP contribution in [-0.4, -0.2) is 30.6 Å². The number of carbonyl (C=O) groups excluding carboxylic acids is 1. The topological polar surface area (TPSA) is 44.8 Å². The van der Waals surface area contributed by atoms with Crippen LogP contribution < -0.4 is 0 Å². The molecule has 12 atom stereocenters. The van der Waals surface area contributed by atoms with Gasteiger partial charge in [-0.05, 0) is 104 Å². The third-order valence-corrected chi connectivity index (χ3v) is 12.2. The smallest absolute Gasteiger partial charge is 0.302 e. The van der Waals surface area contributed by atoms with Crippen molar-refractivity contribution in [2.24, 2.45) is 52.3 Å². The third kappa shape index (κ3) is 3.25. The first kappa shape index (κ1) is 22.8. The van der Waals surface area contributed by atoms with E-state index in [1.54, 1.807) is 6.92 Å². The normalized spacial score (nSPS) is 57.7.